The molecule has 19 heteroatoms. The van der Waals surface area contributed by atoms with E-state index in [1.165, 1.54) is 212 Å². The summed E-state index contributed by atoms with van der Waals surface area (Å²) in [5.74, 6) is -0.509. The zero-order valence-corrected chi connectivity index (χ0v) is 68.2. The summed E-state index contributed by atoms with van der Waals surface area (Å²) < 4.78 is 68.5. The van der Waals surface area contributed by atoms with Crippen LogP contribution in [0.2, 0.25) is 0 Å². The molecule has 0 rings (SSSR count). The number of rotatable bonds is 80. The van der Waals surface area contributed by atoms with Crippen molar-refractivity contribution in [1.82, 2.24) is 0 Å². The average Bonchev–Trinajstić information content (AvgIpc) is 0.914. The summed E-state index contributed by atoms with van der Waals surface area (Å²) in [5.41, 5.74) is 0. The second kappa shape index (κ2) is 74.0. The van der Waals surface area contributed by atoms with Gasteiger partial charge in [0.1, 0.15) is 19.3 Å². The highest BCUT2D eigenvalue weighted by molar-refractivity contribution is 7.47. The maximum absolute atomic E-state index is 13.1. The lowest BCUT2D eigenvalue weighted by atomic mass is 10.0. The third-order valence-corrected chi connectivity index (χ3v) is 20.7. The Morgan fingerprint density at radius 3 is 0.804 bits per heavy atom. The highest BCUT2D eigenvalue weighted by atomic mass is 31.2. The van der Waals surface area contributed by atoms with Gasteiger partial charge in [0.2, 0.25) is 0 Å². The number of phosphoric acid groups is 2. The van der Waals surface area contributed by atoms with E-state index in [2.05, 4.69) is 65.8 Å². The Kier molecular flexibility index (Phi) is 72.2. The first kappa shape index (κ1) is 99.5. The van der Waals surface area contributed by atoms with Crippen molar-refractivity contribution in [3.8, 4) is 0 Å². The molecule has 2 unspecified atom stereocenters. The highest BCUT2D eigenvalue weighted by Gasteiger charge is 2.30. The summed E-state index contributed by atoms with van der Waals surface area (Å²) in [6, 6.07) is 0. The zero-order chi connectivity index (χ0) is 74.9. The van der Waals surface area contributed by atoms with Gasteiger partial charge < -0.3 is 33.8 Å². The molecule has 0 radical (unpaired) electrons. The SMILES string of the molecule is CCCCCC/C=C\C=C/CCCCCCCC(=O)O[C@H](COC(=O)CCCCCCC)COP(=O)(O)OC[C@H](O)COP(=O)(O)OC[C@@H](COC(=O)CCCCCCCCCCCCCCCCCCCCC(C)C)OC(=O)CCCCCCCCCCCCCCCCCCCCC(C)C. The minimum Gasteiger partial charge on any atom is -0.462 e. The number of aliphatic hydroxyl groups is 1. The fourth-order valence-corrected chi connectivity index (χ4v) is 13.9. The Bertz CT molecular complexity index is 2050. The summed E-state index contributed by atoms with van der Waals surface area (Å²) in [5, 5.41) is 10.6. The van der Waals surface area contributed by atoms with Gasteiger partial charge in [-0.05, 0) is 63.2 Å². The second-order valence-corrected chi connectivity index (χ2v) is 33.0. The normalized spacial score (nSPS) is 14.0. The first-order chi connectivity index (χ1) is 49.4. The van der Waals surface area contributed by atoms with Gasteiger partial charge in [-0.15, -0.1) is 0 Å². The van der Waals surface area contributed by atoms with Crippen LogP contribution in [0.4, 0.5) is 0 Å². The predicted octanol–water partition coefficient (Wildman–Crippen LogP) is 24.6. The van der Waals surface area contributed by atoms with Crippen LogP contribution in [0.25, 0.3) is 0 Å². The second-order valence-electron chi connectivity index (χ2n) is 30.1. The molecule has 0 aromatic heterocycles. The molecule has 0 fully saturated rings. The van der Waals surface area contributed by atoms with Crippen LogP contribution in [0.1, 0.15) is 414 Å². The van der Waals surface area contributed by atoms with E-state index >= 15 is 0 Å². The van der Waals surface area contributed by atoms with Crippen LogP contribution in [0.5, 0.6) is 0 Å². The van der Waals surface area contributed by atoms with Gasteiger partial charge in [0.25, 0.3) is 0 Å². The van der Waals surface area contributed by atoms with Crippen molar-refractivity contribution >= 4 is 39.5 Å². The number of allylic oxidation sites excluding steroid dienone is 4. The van der Waals surface area contributed by atoms with Gasteiger partial charge in [-0.2, -0.15) is 0 Å². The van der Waals surface area contributed by atoms with Crippen LogP contribution >= 0.6 is 15.6 Å². The van der Waals surface area contributed by atoms with Crippen molar-refractivity contribution in [2.75, 3.05) is 39.6 Å². The van der Waals surface area contributed by atoms with Crippen molar-refractivity contribution in [2.45, 2.75) is 432 Å². The van der Waals surface area contributed by atoms with Gasteiger partial charge in [0.15, 0.2) is 12.2 Å². The predicted molar refractivity (Wildman–Crippen MR) is 418 cm³/mol. The van der Waals surface area contributed by atoms with Gasteiger partial charge >= 0.3 is 39.5 Å². The number of ether oxygens (including phenoxy) is 4. The molecule has 0 heterocycles. The first-order valence-electron chi connectivity index (χ1n) is 42.3. The van der Waals surface area contributed by atoms with E-state index in [1.807, 2.05) is 0 Å². The molecule has 3 N–H and O–H groups in total. The van der Waals surface area contributed by atoms with Crippen molar-refractivity contribution in [1.29, 1.82) is 0 Å². The van der Waals surface area contributed by atoms with Gasteiger partial charge in [-0.1, -0.05) is 361 Å². The number of carbonyl (C=O) groups is 4. The molecule has 102 heavy (non-hydrogen) atoms. The summed E-state index contributed by atoms with van der Waals surface area (Å²) in [6.07, 6.45) is 68.0. The smallest absolute Gasteiger partial charge is 0.462 e. The monoisotopic (exact) mass is 1490 g/mol. The standard InChI is InChI=1S/C83H158O17P2/c1-7-9-11-13-14-15-16-17-26-34-39-44-49-55-61-67-82(87)99-78(71-93-80(85)65-59-51-12-10-8-2)73-97-101(89,90)95-69-77(84)70-96-102(91,92)98-74-79(100-83(88)68-62-56-50-45-40-35-30-25-21-19-23-28-32-37-42-47-53-58-64-76(5)6)72-94-81(86)66-60-54-48-43-38-33-29-24-20-18-22-27-31-36-41-46-52-57-63-75(3)4/h15-17,26,75-79,84H,7-14,18-25,27-74H2,1-6H3,(H,89,90)(H,91,92)/b16-15-,26-17-/t77-,78+,79+/m0/s1. The van der Waals surface area contributed by atoms with E-state index in [4.69, 9.17) is 37.0 Å². The molecule has 0 aliphatic carbocycles. The van der Waals surface area contributed by atoms with Gasteiger partial charge in [0.05, 0.1) is 26.4 Å². The van der Waals surface area contributed by atoms with Crippen LogP contribution in [-0.4, -0.2) is 96.7 Å². The minimum absolute atomic E-state index is 0.0843. The van der Waals surface area contributed by atoms with Crippen molar-refractivity contribution < 1.29 is 80.2 Å². The summed E-state index contributed by atoms with van der Waals surface area (Å²) >= 11 is 0. The summed E-state index contributed by atoms with van der Waals surface area (Å²) in [6.45, 7) is 9.56. The average molecular weight is 1490 g/mol. The van der Waals surface area contributed by atoms with Gasteiger partial charge in [-0.25, -0.2) is 9.13 Å². The summed E-state index contributed by atoms with van der Waals surface area (Å²) in [7, 11) is -9.92. The molecule has 0 saturated carbocycles. The van der Waals surface area contributed by atoms with E-state index in [0.29, 0.717) is 25.7 Å². The third kappa shape index (κ3) is 75.8. The van der Waals surface area contributed by atoms with Crippen LogP contribution in [0.3, 0.4) is 0 Å². The van der Waals surface area contributed by atoms with Crippen molar-refractivity contribution in [3.63, 3.8) is 0 Å². The molecule has 0 amide bonds. The van der Waals surface area contributed by atoms with Gasteiger partial charge in [-0.3, -0.25) is 37.3 Å². The molecule has 0 bridgehead atoms. The Hall–Kier alpha value is -2.46. The number of carbonyl (C=O) groups excluding carboxylic acids is 4. The molecular formula is C83H158O17P2. The first-order valence-corrected chi connectivity index (χ1v) is 45.3. The van der Waals surface area contributed by atoms with E-state index in [1.54, 1.807) is 0 Å². The van der Waals surface area contributed by atoms with Crippen LogP contribution in [0, 0.1) is 11.8 Å². The molecule has 0 aliphatic heterocycles. The largest absolute Gasteiger partial charge is 0.472 e. The lowest BCUT2D eigenvalue weighted by Gasteiger charge is -2.21. The Labute approximate surface area is 624 Å². The van der Waals surface area contributed by atoms with Crippen LogP contribution < -0.4 is 0 Å². The number of hydrogen-bond acceptors (Lipinski definition) is 15. The number of esters is 4. The van der Waals surface area contributed by atoms with Crippen LogP contribution in [-0.2, 0) is 65.4 Å². The maximum atomic E-state index is 13.1. The minimum atomic E-state index is -4.97. The van der Waals surface area contributed by atoms with E-state index in [9.17, 15) is 43.2 Å². The van der Waals surface area contributed by atoms with Crippen LogP contribution in [0.15, 0.2) is 24.3 Å². The van der Waals surface area contributed by atoms with Crippen molar-refractivity contribution in [3.05, 3.63) is 24.3 Å². The molecule has 5 atom stereocenters. The number of phosphoric ester groups is 2. The number of aliphatic hydroxyl groups excluding tert-OH is 1. The van der Waals surface area contributed by atoms with E-state index < -0.39 is 97.5 Å². The Morgan fingerprint density at radius 1 is 0.304 bits per heavy atom. The third-order valence-electron chi connectivity index (χ3n) is 18.8. The molecule has 0 spiro atoms. The Morgan fingerprint density at radius 2 is 0.529 bits per heavy atom. The number of unbranched alkanes of at least 4 members (excludes halogenated alkanes) is 47. The lowest BCUT2D eigenvalue weighted by Crippen LogP contribution is -2.30. The molecule has 0 aromatic rings. The van der Waals surface area contributed by atoms with Gasteiger partial charge in [0, 0.05) is 25.7 Å². The molecule has 0 aliphatic rings. The molecule has 0 saturated heterocycles. The van der Waals surface area contributed by atoms with E-state index in [-0.39, 0.29) is 25.7 Å². The fraction of sp³-hybridized carbons (Fsp3) is 0.904. The highest BCUT2D eigenvalue weighted by Crippen LogP contribution is 2.45. The molecular weight excluding hydrogens is 1330 g/mol. The zero-order valence-electron chi connectivity index (χ0n) is 66.4. The molecule has 0 aromatic carbocycles. The molecule has 602 valence electrons. The lowest BCUT2D eigenvalue weighted by molar-refractivity contribution is -0.161. The maximum Gasteiger partial charge on any atom is 0.472 e. The molecule has 17 nitrogen and oxygen atoms in total. The van der Waals surface area contributed by atoms with Crippen molar-refractivity contribution in [2.24, 2.45) is 11.8 Å². The summed E-state index contributed by atoms with van der Waals surface area (Å²) in [4.78, 5) is 72.7. The topological polar surface area (TPSA) is 237 Å². The Balaban J connectivity index is 5.14. The number of hydrogen-bond donors (Lipinski definition) is 3. The quantitative estimate of drug-likeness (QED) is 0.0169. The fourth-order valence-electron chi connectivity index (χ4n) is 12.3. The van der Waals surface area contributed by atoms with E-state index in [0.717, 1.165) is 121 Å².